The topological polar surface area (TPSA) is 26.3 Å². The van der Waals surface area contributed by atoms with E-state index in [-0.39, 0.29) is 5.97 Å². The van der Waals surface area contributed by atoms with Gasteiger partial charge in [-0.2, -0.15) is 0 Å². The second kappa shape index (κ2) is 10.2. The Labute approximate surface area is 101 Å². The van der Waals surface area contributed by atoms with Gasteiger partial charge in [0, 0.05) is 11.2 Å². The largest absolute Gasteiger partial charge is 0.469 e. The number of alkyl halides is 1. The molecule has 0 radical (unpaired) electrons. The van der Waals surface area contributed by atoms with E-state index in [2.05, 4.69) is 27.2 Å². The number of esters is 1. The first kappa shape index (κ1) is 14.7. The smallest absolute Gasteiger partial charge is 0.305 e. The van der Waals surface area contributed by atoms with Gasteiger partial charge in [-0.1, -0.05) is 47.7 Å². The molecule has 1 unspecified atom stereocenters. The highest BCUT2D eigenvalue weighted by Crippen LogP contribution is 2.13. The molecule has 0 aliphatic heterocycles. The molecule has 2 nitrogen and oxygen atoms in total. The number of allylic oxidation sites excluding steroid dienone is 1. The second-order valence-corrected chi connectivity index (χ2v) is 4.81. The number of halogens is 1. The van der Waals surface area contributed by atoms with Gasteiger partial charge in [0.05, 0.1) is 7.11 Å². The van der Waals surface area contributed by atoms with E-state index >= 15 is 0 Å². The lowest BCUT2D eigenvalue weighted by atomic mass is 10.1. The van der Waals surface area contributed by atoms with Crippen molar-refractivity contribution in [2.75, 3.05) is 7.11 Å². The first-order valence-electron chi connectivity index (χ1n) is 5.54. The summed E-state index contributed by atoms with van der Waals surface area (Å²) in [6, 6.07) is 0. The quantitative estimate of drug-likeness (QED) is 0.277. The Morgan fingerprint density at radius 1 is 1.33 bits per heavy atom. The zero-order valence-corrected chi connectivity index (χ0v) is 11.1. The number of rotatable bonds is 9. The van der Waals surface area contributed by atoms with Crippen molar-refractivity contribution in [2.24, 2.45) is 0 Å². The average Bonchev–Trinajstić information content (AvgIpc) is 2.26. The molecule has 0 amide bonds. The maximum absolute atomic E-state index is 10.8. The van der Waals surface area contributed by atoms with Crippen molar-refractivity contribution >= 4 is 21.9 Å². The van der Waals surface area contributed by atoms with Crippen molar-refractivity contribution in [3.63, 3.8) is 0 Å². The van der Waals surface area contributed by atoms with Crippen molar-refractivity contribution in [2.45, 2.75) is 49.8 Å². The van der Waals surface area contributed by atoms with E-state index in [1.54, 1.807) is 0 Å². The number of ether oxygens (including phenoxy) is 1. The molecule has 1 atom stereocenters. The summed E-state index contributed by atoms with van der Waals surface area (Å²) >= 11 is 3.51. The van der Waals surface area contributed by atoms with Crippen molar-refractivity contribution in [3.05, 3.63) is 12.7 Å². The molecular formula is C12H21BrO2. The van der Waals surface area contributed by atoms with E-state index in [0.29, 0.717) is 11.2 Å². The highest BCUT2D eigenvalue weighted by molar-refractivity contribution is 9.09. The molecule has 0 aromatic rings. The van der Waals surface area contributed by atoms with Gasteiger partial charge in [0.2, 0.25) is 0 Å². The van der Waals surface area contributed by atoms with Crippen LogP contribution in [0.1, 0.15) is 44.9 Å². The molecule has 0 N–H and O–H groups in total. The van der Waals surface area contributed by atoms with Crippen LogP contribution in [0.4, 0.5) is 0 Å². The number of methoxy groups -OCH3 is 1. The summed E-state index contributed by atoms with van der Waals surface area (Å²) in [6.45, 7) is 3.72. The molecule has 0 aliphatic carbocycles. The van der Waals surface area contributed by atoms with Crippen molar-refractivity contribution in [3.8, 4) is 0 Å². The predicted molar refractivity (Wildman–Crippen MR) is 67.2 cm³/mol. The van der Waals surface area contributed by atoms with Crippen LogP contribution in [0.25, 0.3) is 0 Å². The minimum Gasteiger partial charge on any atom is -0.469 e. The third-order valence-electron chi connectivity index (χ3n) is 2.34. The minimum absolute atomic E-state index is 0.0952. The first-order chi connectivity index (χ1) is 7.20. The summed E-state index contributed by atoms with van der Waals surface area (Å²) in [4.78, 5) is 11.2. The molecule has 0 aromatic heterocycles. The second-order valence-electron chi connectivity index (χ2n) is 3.63. The third-order valence-corrected chi connectivity index (χ3v) is 3.18. The monoisotopic (exact) mass is 276 g/mol. The molecule has 0 fully saturated rings. The summed E-state index contributed by atoms with van der Waals surface area (Å²) in [5.41, 5.74) is 0. The van der Waals surface area contributed by atoms with Crippen LogP contribution >= 0.6 is 15.9 Å². The maximum atomic E-state index is 10.8. The van der Waals surface area contributed by atoms with E-state index in [4.69, 9.17) is 0 Å². The van der Waals surface area contributed by atoms with Gasteiger partial charge in [0.25, 0.3) is 0 Å². The Bertz CT molecular complexity index is 180. The minimum atomic E-state index is -0.0952. The zero-order valence-electron chi connectivity index (χ0n) is 9.51. The molecule has 15 heavy (non-hydrogen) atoms. The van der Waals surface area contributed by atoms with Crippen LogP contribution in [0.5, 0.6) is 0 Å². The summed E-state index contributed by atoms with van der Waals surface area (Å²) < 4.78 is 4.57. The van der Waals surface area contributed by atoms with Gasteiger partial charge in [0.15, 0.2) is 0 Å². The van der Waals surface area contributed by atoms with E-state index in [1.807, 2.05) is 6.08 Å². The summed E-state index contributed by atoms with van der Waals surface area (Å²) in [6.07, 6.45) is 9.37. The highest BCUT2D eigenvalue weighted by atomic mass is 79.9. The number of carbonyl (C=O) groups is 1. The van der Waals surface area contributed by atoms with Crippen LogP contribution in [-0.4, -0.2) is 17.9 Å². The Balaban J connectivity index is 3.11. The standard InChI is InChI=1S/C12H21BrO2/c1-3-11(13)9-7-5-4-6-8-10-12(14)15-2/h3,11H,1,4-10H2,2H3. The van der Waals surface area contributed by atoms with Gasteiger partial charge in [-0.25, -0.2) is 0 Å². The van der Waals surface area contributed by atoms with E-state index in [1.165, 1.54) is 26.4 Å². The Kier molecular flexibility index (Phi) is 10.0. The van der Waals surface area contributed by atoms with Crippen LogP contribution < -0.4 is 0 Å². The van der Waals surface area contributed by atoms with Crippen LogP contribution in [0, 0.1) is 0 Å². The van der Waals surface area contributed by atoms with E-state index < -0.39 is 0 Å². The predicted octanol–water partition coefficient (Wildman–Crippen LogP) is 3.84. The first-order valence-corrected chi connectivity index (χ1v) is 6.45. The fourth-order valence-corrected chi connectivity index (χ4v) is 1.68. The molecule has 0 bridgehead atoms. The van der Waals surface area contributed by atoms with Gasteiger partial charge in [-0.15, -0.1) is 6.58 Å². The molecule has 0 saturated heterocycles. The zero-order chi connectivity index (χ0) is 11.5. The molecule has 3 heteroatoms. The molecule has 0 aliphatic rings. The third kappa shape index (κ3) is 9.98. The van der Waals surface area contributed by atoms with Crippen LogP contribution in [0.2, 0.25) is 0 Å². The molecule has 0 spiro atoms. The van der Waals surface area contributed by atoms with Gasteiger partial charge in [-0.05, 0) is 12.8 Å². The lowest BCUT2D eigenvalue weighted by molar-refractivity contribution is -0.140. The maximum Gasteiger partial charge on any atom is 0.305 e. The number of hydrogen-bond acceptors (Lipinski definition) is 2. The van der Waals surface area contributed by atoms with Gasteiger partial charge >= 0.3 is 5.97 Å². The molecule has 0 saturated carbocycles. The lowest BCUT2D eigenvalue weighted by Gasteiger charge is -2.03. The average molecular weight is 277 g/mol. The van der Waals surface area contributed by atoms with Gasteiger partial charge < -0.3 is 4.74 Å². The van der Waals surface area contributed by atoms with Crippen LogP contribution in [-0.2, 0) is 9.53 Å². The number of unbranched alkanes of at least 4 members (excludes halogenated alkanes) is 4. The van der Waals surface area contributed by atoms with Crippen molar-refractivity contribution in [1.29, 1.82) is 0 Å². The SMILES string of the molecule is C=CC(Br)CCCCCCCC(=O)OC. The van der Waals surface area contributed by atoms with Crippen molar-refractivity contribution in [1.82, 2.24) is 0 Å². The summed E-state index contributed by atoms with van der Waals surface area (Å²) in [5.74, 6) is -0.0952. The molecule has 0 rings (SSSR count). The number of carbonyl (C=O) groups excluding carboxylic acids is 1. The summed E-state index contributed by atoms with van der Waals surface area (Å²) in [7, 11) is 1.44. The fourth-order valence-electron chi connectivity index (χ4n) is 1.36. The van der Waals surface area contributed by atoms with Crippen LogP contribution in [0.15, 0.2) is 12.7 Å². The van der Waals surface area contributed by atoms with E-state index in [9.17, 15) is 4.79 Å². The highest BCUT2D eigenvalue weighted by Gasteiger charge is 2.00. The molecular weight excluding hydrogens is 256 g/mol. The normalized spacial score (nSPS) is 12.1. The van der Waals surface area contributed by atoms with Crippen LogP contribution in [0.3, 0.4) is 0 Å². The van der Waals surface area contributed by atoms with Gasteiger partial charge in [0.1, 0.15) is 0 Å². The molecule has 88 valence electrons. The lowest BCUT2D eigenvalue weighted by Crippen LogP contribution is -1.99. The van der Waals surface area contributed by atoms with Gasteiger partial charge in [-0.3, -0.25) is 4.79 Å². The Morgan fingerprint density at radius 2 is 1.93 bits per heavy atom. The summed E-state index contributed by atoms with van der Waals surface area (Å²) in [5, 5.41) is 0. The Morgan fingerprint density at radius 3 is 2.53 bits per heavy atom. The molecule has 0 aromatic carbocycles. The van der Waals surface area contributed by atoms with E-state index in [0.717, 1.165) is 19.3 Å². The fraction of sp³-hybridized carbons (Fsp3) is 0.750. The Hall–Kier alpha value is -0.310. The number of hydrogen-bond donors (Lipinski definition) is 0. The van der Waals surface area contributed by atoms with Crippen molar-refractivity contribution < 1.29 is 9.53 Å². The molecule has 0 heterocycles.